The number of nitrogens with zero attached hydrogens (tertiary/aromatic N) is 2. The zero-order chi connectivity index (χ0) is 11.5. The van der Waals surface area contributed by atoms with Gasteiger partial charge >= 0.3 is 5.97 Å². The Hall–Kier alpha value is -1.14. The Morgan fingerprint density at radius 2 is 2.07 bits per heavy atom. The highest BCUT2D eigenvalue weighted by Crippen LogP contribution is 2.19. The minimum Gasteiger partial charge on any atom is -0.479 e. The Kier molecular flexibility index (Phi) is 3.65. The fraction of sp³-hybridized carbons (Fsp3) is 0.444. The second-order valence-corrected chi connectivity index (χ2v) is 4.35. The predicted octanol–water partition coefficient (Wildman–Crippen LogP) is 0.713. The number of aliphatic carboxylic acids is 1. The lowest BCUT2D eigenvalue weighted by Crippen LogP contribution is -2.37. The topological polar surface area (TPSA) is 83.3 Å². The van der Waals surface area contributed by atoms with E-state index in [0.717, 1.165) is 17.3 Å². The number of aromatic nitrogens is 2. The average molecular weight is 228 g/mol. The molecule has 0 amide bonds. The second-order valence-electron chi connectivity index (χ2n) is 3.41. The van der Waals surface area contributed by atoms with Gasteiger partial charge in [0.15, 0.2) is 10.8 Å². The summed E-state index contributed by atoms with van der Waals surface area (Å²) < 4.78 is 0. The van der Waals surface area contributed by atoms with Crippen LogP contribution in [0.1, 0.15) is 12.5 Å². The quantitative estimate of drug-likeness (QED) is 0.583. The molecule has 1 aromatic rings. The van der Waals surface area contributed by atoms with Crippen LogP contribution in [-0.4, -0.2) is 37.5 Å². The van der Waals surface area contributed by atoms with Crippen molar-refractivity contribution in [2.75, 3.05) is 5.75 Å². The molecule has 0 saturated heterocycles. The first-order valence-corrected chi connectivity index (χ1v) is 5.27. The van der Waals surface area contributed by atoms with Crippen molar-refractivity contribution in [3.63, 3.8) is 0 Å². The van der Waals surface area contributed by atoms with Gasteiger partial charge in [0, 0.05) is 18.1 Å². The molecule has 0 aliphatic carbocycles. The van der Waals surface area contributed by atoms with E-state index in [0.29, 0.717) is 5.16 Å². The minimum atomic E-state index is -1.75. The molecule has 0 aliphatic rings. The molecule has 15 heavy (non-hydrogen) atoms. The molecule has 2 N–H and O–H groups in total. The van der Waals surface area contributed by atoms with Gasteiger partial charge in [-0.1, -0.05) is 11.8 Å². The first-order valence-electron chi connectivity index (χ1n) is 4.29. The van der Waals surface area contributed by atoms with Gasteiger partial charge in [-0.15, -0.1) is 0 Å². The molecule has 6 heteroatoms. The Morgan fingerprint density at radius 3 is 2.53 bits per heavy atom. The highest BCUT2D eigenvalue weighted by Gasteiger charge is 2.30. The van der Waals surface area contributed by atoms with Gasteiger partial charge in [-0.2, -0.15) is 0 Å². The van der Waals surface area contributed by atoms with Gasteiger partial charge in [0.2, 0.25) is 0 Å². The molecule has 1 unspecified atom stereocenters. The smallest absolute Gasteiger partial charge is 0.336 e. The number of carboxylic acid groups (broad SMARTS) is 1. The van der Waals surface area contributed by atoms with Crippen LogP contribution in [-0.2, 0) is 4.79 Å². The van der Waals surface area contributed by atoms with E-state index in [4.69, 9.17) is 5.11 Å². The lowest BCUT2D eigenvalue weighted by Gasteiger charge is -2.16. The number of hydrogen-bond acceptors (Lipinski definition) is 5. The summed E-state index contributed by atoms with van der Waals surface area (Å²) in [5, 5.41) is 18.6. The van der Waals surface area contributed by atoms with Crippen molar-refractivity contribution in [3.8, 4) is 0 Å². The zero-order valence-electron chi connectivity index (χ0n) is 8.47. The van der Waals surface area contributed by atoms with E-state index in [-0.39, 0.29) is 5.75 Å². The largest absolute Gasteiger partial charge is 0.479 e. The monoisotopic (exact) mass is 228 g/mol. The van der Waals surface area contributed by atoms with Gasteiger partial charge < -0.3 is 10.2 Å². The Morgan fingerprint density at radius 1 is 1.53 bits per heavy atom. The molecule has 0 aromatic carbocycles. The van der Waals surface area contributed by atoms with Crippen LogP contribution in [0.2, 0.25) is 0 Å². The summed E-state index contributed by atoms with van der Waals surface area (Å²) in [4.78, 5) is 18.6. The predicted molar refractivity (Wildman–Crippen MR) is 55.8 cm³/mol. The summed E-state index contributed by atoms with van der Waals surface area (Å²) in [6.07, 6.45) is 3.29. The number of aryl methyl sites for hydroxylation is 1. The van der Waals surface area contributed by atoms with E-state index < -0.39 is 11.6 Å². The summed E-state index contributed by atoms with van der Waals surface area (Å²) in [5.74, 6) is -1.23. The summed E-state index contributed by atoms with van der Waals surface area (Å²) in [6, 6.07) is 0. The van der Waals surface area contributed by atoms with Crippen LogP contribution in [0.25, 0.3) is 0 Å². The third-order valence-corrected chi connectivity index (χ3v) is 2.88. The molecular weight excluding hydrogens is 216 g/mol. The van der Waals surface area contributed by atoms with E-state index >= 15 is 0 Å². The fourth-order valence-electron chi connectivity index (χ4n) is 0.722. The highest BCUT2D eigenvalue weighted by atomic mass is 32.2. The van der Waals surface area contributed by atoms with E-state index in [1.54, 1.807) is 12.4 Å². The molecule has 0 aliphatic heterocycles. The summed E-state index contributed by atoms with van der Waals surface area (Å²) in [7, 11) is 0. The molecule has 1 atom stereocenters. The first kappa shape index (κ1) is 11.9. The molecule has 1 rings (SSSR count). The minimum absolute atomic E-state index is 0.0192. The van der Waals surface area contributed by atoms with Crippen LogP contribution in [0.15, 0.2) is 17.6 Å². The van der Waals surface area contributed by atoms with Crippen molar-refractivity contribution in [1.29, 1.82) is 0 Å². The third-order valence-electron chi connectivity index (χ3n) is 1.70. The Labute approximate surface area is 91.6 Å². The number of aliphatic hydroxyl groups is 1. The van der Waals surface area contributed by atoms with Crippen LogP contribution in [0.5, 0.6) is 0 Å². The SMILES string of the molecule is Cc1cnc(SCC(C)(O)C(=O)O)nc1. The molecule has 1 heterocycles. The zero-order valence-corrected chi connectivity index (χ0v) is 9.28. The van der Waals surface area contributed by atoms with Crippen molar-refractivity contribution in [1.82, 2.24) is 9.97 Å². The van der Waals surface area contributed by atoms with Crippen LogP contribution in [0.4, 0.5) is 0 Å². The number of rotatable bonds is 4. The molecule has 1 aromatic heterocycles. The molecule has 0 spiro atoms. The molecular formula is C9H12N2O3S. The number of thioether (sulfide) groups is 1. The molecule has 5 nitrogen and oxygen atoms in total. The highest BCUT2D eigenvalue weighted by molar-refractivity contribution is 7.99. The van der Waals surface area contributed by atoms with E-state index in [2.05, 4.69) is 9.97 Å². The summed E-state index contributed by atoms with van der Waals surface area (Å²) in [5.41, 5.74) is -0.817. The van der Waals surface area contributed by atoms with Gasteiger partial charge in [-0.3, -0.25) is 0 Å². The van der Waals surface area contributed by atoms with Crippen molar-refractivity contribution in [2.45, 2.75) is 24.6 Å². The van der Waals surface area contributed by atoms with Crippen LogP contribution >= 0.6 is 11.8 Å². The summed E-state index contributed by atoms with van der Waals surface area (Å²) in [6.45, 7) is 3.11. The van der Waals surface area contributed by atoms with Crippen LogP contribution < -0.4 is 0 Å². The lowest BCUT2D eigenvalue weighted by molar-refractivity contribution is -0.154. The third kappa shape index (κ3) is 3.49. The molecule has 0 fully saturated rings. The Bertz CT molecular complexity index is 351. The van der Waals surface area contributed by atoms with Crippen molar-refractivity contribution < 1.29 is 15.0 Å². The lowest BCUT2D eigenvalue weighted by atomic mass is 10.1. The summed E-state index contributed by atoms with van der Waals surface area (Å²) >= 11 is 1.11. The van der Waals surface area contributed by atoms with Gasteiger partial charge in [0.1, 0.15) is 0 Å². The Balaban J connectivity index is 2.57. The van der Waals surface area contributed by atoms with E-state index in [1.807, 2.05) is 6.92 Å². The molecule has 0 bridgehead atoms. The fourth-order valence-corrected chi connectivity index (χ4v) is 1.51. The van der Waals surface area contributed by atoms with Gasteiger partial charge in [-0.05, 0) is 19.4 Å². The second kappa shape index (κ2) is 4.59. The van der Waals surface area contributed by atoms with Gasteiger partial charge in [-0.25, -0.2) is 14.8 Å². The maximum Gasteiger partial charge on any atom is 0.336 e. The number of carbonyl (C=O) groups is 1. The standard InChI is InChI=1S/C9H12N2O3S/c1-6-3-10-8(11-4-6)15-5-9(2,14)7(12)13/h3-4,14H,5H2,1-2H3,(H,12,13). The van der Waals surface area contributed by atoms with Gasteiger partial charge in [0.25, 0.3) is 0 Å². The van der Waals surface area contributed by atoms with Crippen LogP contribution in [0.3, 0.4) is 0 Å². The van der Waals surface area contributed by atoms with Gasteiger partial charge in [0.05, 0.1) is 0 Å². The maximum atomic E-state index is 10.6. The van der Waals surface area contributed by atoms with Crippen molar-refractivity contribution in [2.24, 2.45) is 0 Å². The molecule has 0 saturated carbocycles. The average Bonchev–Trinajstić information content (AvgIpc) is 2.17. The van der Waals surface area contributed by atoms with Crippen molar-refractivity contribution >= 4 is 17.7 Å². The van der Waals surface area contributed by atoms with Crippen LogP contribution in [0, 0.1) is 6.92 Å². The van der Waals surface area contributed by atoms with Crippen molar-refractivity contribution in [3.05, 3.63) is 18.0 Å². The van der Waals surface area contributed by atoms with E-state index in [9.17, 15) is 9.90 Å². The number of hydrogen-bond donors (Lipinski definition) is 2. The maximum absolute atomic E-state index is 10.6. The first-order chi connectivity index (χ1) is 6.92. The molecule has 0 radical (unpaired) electrons. The normalized spacial score (nSPS) is 14.6. The molecule has 82 valence electrons. The van der Waals surface area contributed by atoms with E-state index in [1.165, 1.54) is 6.92 Å². The number of carboxylic acids is 1.